The lowest BCUT2D eigenvalue weighted by Gasteiger charge is -2.10. The van der Waals surface area contributed by atoms with E-state index in [2.05, 4.69) is 15.3 Å². The minimum absolute atomic E-state index is 0.104. The molecule has 0 fully saturated rings. The predicted molar refractivity (Wildman–Crippen MR) is 275 cm³/mol. The van der Waals surface area contributed by atoms with Gasteiger partial charge in [0, 0.05) is 47.4 Å². The van der Waals surface area contributed by atoms with Crippen molar-refractivity contribution >= 4 is 17.9 Å². The third-order valence-electron chi connectivity index (χ3n) is 10.5. The van der Waals surface area contributed by atoms with Gasteiger partial charge in [0.2, 0.25) is 0 Å². The largest absolute Gasteiger partial charge is 0.491 e. The van der Waals surface area contributed by atoms with Gasteiger partial charge in [-0.3, -0.25) is 0 Å². The second-order valence-electron chi connectivity index (χ2n) is 17.2. The van der Waals surface area contributed by atoms with E-state index >= 15 is 0 Å². The Hall–Kier alpha value is -9.24. The Balaban J connectivity index is 0.000000158. The van der Waals surface area contributed by atoms with Crippen LogP contribution in [-0.4, -0.2) is 80.9 Å². The van der Waals surface area contributed by atoms with E-state index in [1.54, 1.807) is 93.3 Å². The molecule has 15 heteroatoms. The fourth-order valence-corrected chi connectivity index (χ4v) is 7.20. The summed E-state index contributed by atoms with van der Waals surface area (Å²) in [5, 5.41) is 40.3. The number of carbonyl (C=O) groups is 3. The zero-order chi connectivity index (χ0) is 51.3. The SMILES string of the molecule is CC(C)Oc1ccc(-n2cc(-c3cccc(C(=O)O)c3)cn2)cc1.CC(C)Oc1cccc(-n2cc(-c3ccc(C(=O)O)cc3)cn2)c1.CC(C)Oc1cccc(-n2cc(-c3cccc(C(=O)O)c3)cn2)c1. The molecule has 0 saturated carbocycles. The van der Waals surface area contributed by atoms with Crippen molar-refractivity contribution < 1.29 is 43.9 Å². The van der Waals surface area contributed by atoms with Crippen molar-refractivity contribution in [2.75, 3.05) is 0 Å². The number of nitrogens with zero attached hydrogens (tertiary/aromatic N) is 6. The molecular weight excluding hydrogens is 913 g/mol. The van der Waals surface area contributed by atoms with Gasteiger partial charge in [0.15, 0.2) is 0 Å². The average Bonchev–Trinajstić information content (AvgIpc) is 4.18. The number of hydrogen-bond donors (Lipinski definition) is 3. The second-order valence-corrected chi connectivity index (χ2v) is 17.2. The third-order valence-corrected chi connectivity index (χ3v) is 10.5. The molecule has 6 aromatic carbocycles. The summed E-state index contributed by atoms with van der Waals surface area (Å²) < 4.78 is 22.3. The van der Waals surface area contributed by atoms with Crippen LogP contribution in [0.25, 0.3) is 50.4 Å². The summed E-state index contributed by atoms with van der Waals surface area (Å²) in [7, 11) is 0. The summed E-state index contributed by atoms with van der Waals surface area (Å²) in [6.07, 6.45) is 11.2. The van der Waals surface area contributed by atoms with Gasteiger partial charge in [0.1, 0.15) is 17.2 Å². The number of benzene rings is 6. The van der Waals surface area contributed by atoms with Crippen molar-refractivity contribution in [2.24, 2.45) is 0 Å². The van der Waals surface area contributed by atoms with Crippen LogP contribution in [0.4, 0.5) is 0 Å². The second kappa shape index (κ2) is 23.4. The van der Waals surface area contributed by atoms with E-state index in [0.29, 0.717) is 0 Å². The lowest BCUT2D eigenvalue weighted by Crippen LogP contribution is -2.06. The summed E-state index contributed by atoms with van der Waals surface area (Å²) in [6.45, 7) is 11.9. The molecule has 0 spiro atoms. The number of carboxylic acid groups (broad SMARTS) is 3. The minimum atomic E-state index is -0.942. The van der Waals surface area contributed by atoms with E-state index in [0.717, 1.165) is 67.7 Å². The van der Waals surface area contributed by atoms with Crippen LogP contribution >= 0.6 is 0 Å². The van der Waals surface area contributed by atoms with E-state index in [4.69, 9.17) is 29.5 Å². The van der Waals surface area contributed by atoms with Crippen LogP contribution in [0.15, 0.2) is 183 Å². The van der Waals surface area contributed by atoms with Crippen LogP contribution in [0.2, 0.25) is 0 Å². The molecule has 3 heterocycles. The maximum absolute atomic E-state index is 11.1. The summed E-state index contributed by atoms with van der Waals surface area (Å²) in [5.41, 5.74) is 8.67. The Kier molecular flexibility index (Phi) is 16.4. The van der Waals surface area contributed by atoms with Gasteiger partial charge in [-0.15, -0.1) is 0 Å². The number of aromatic nitrogens is 6. The Morgan fingerprint density at radius 3 is 1.15 bits per heavy atom. The highest BCUT2D eigenvalue weighted by molar-refractivity contribution is 5.90. The fourth-order valence-electron chi connectivity index (χ4n) is 7.20. The van der Waals surface area contributed by atoms with E-state index in [1.165, 1.54) is 0 Å². The van der Waals surface area contributed by atoms with Gasteiger partial charge >= 0.3 is 17.9 Å². The van der Waals surface area contributed by atoms with Crippen LogP contribution in [-0.2, 0) is 0 Å². The lowest BCUT2D eigenvalue weighted by molar-refractivity contribution is 0.0686. The quantitative estimate of drug-likeness (QED) is 0.0881. The Labute approximate surface area is 416 Å². The molecule has 0 atom stereocenters. The Bertz CT molecular complexity index is 3260. The van der Waals surface area contributed by atoms with Crippen molar-refractivity contribution in [3.05, 3.63) is 199 Å². The summed E-state index contributed by atoms with van der Waals surface area (Å²) >= 11 is 0. The minimum Gasteiger partial charge on any atom is -0.491 e. The average molecular weight is 967 g/mol. The molecule has 9 aromatic rings. The molecule has 0 bridgehead atoms. The van der Waals surface area contributed by atoms with Gasteiger partial charge < -0.3 is 29.5 Å². The van der Waals surface area contributed by atoms with Crippen LogP contribution in [0.5, 0.6) is 17.2 Å². The Morgan fingerprint density at radius 2 is 0.750 bits per heavy atom. The number of carboxylic acids is 3. The third kappa shape index (κ3) is 13.7. The number of hydrogen-bond acceptors (Lipinski definition) is 9. The molecule has 9 rings (SSSR count). The molecular formula is C57H54N6O9. The smallest absolute Gasteiger partial charge is 0.335 e. The van der Waals surface area contributed by atoms with Crippen molar-refractivity contribution in [3.63, 3.8) is 0 Å². The highest BCUT2D eigenvalue weighted by atomic mass is 16.5. The monoisotopic (exact) mass is 966 g/mol. The molecule has 72 heavy (non-hydrogen) atoms. The number of aromatic carboxylic acids is 3. The Morgan fingerprint density at radius 1 is 0.375 bits per heavy atom. The molecule has 0 aliphatic carbocycles. The molecule has 0 aliphatic heterocycles. The first-order valence-electron chi connectivity index (χ1n) is 23.0. The van der Waals surface area contributed by atoms with Crippen molar-refractivity contribution in [1.29, 1.82) is 0 Å². The van der Waals surface area contributed by atoms with Gasteiger partial charge in [-0.1, -0.05) is 48.5 Å². The zero-order valence-corrected chi connectivity index (χ0v) is 40.5. The first-order valence-corrected chi connectivity index (χ1v) is 23.0. The zero-order valence-electron chi connectivity index (χ0n) is 40.5. The van der Waals surface area contributed by atoms with Crippen molar-refractivity contribution in [3.8, 4) is 67.7 Å². The van der Waals surface area contributed by atoms with Crippen molar-refractivity contribution in [1.82, 2.24) is 29.3 Å². The highest BCUT2D eigenvalue weighted by Crippen LogP contribution is 2.26. The molecule has 0 radical (unpaired) electrons. The number of ether oxygens (including phenoxy) is 3. The molecule has 0 aliphatic rings. The normalized spacial score (nSPS) is 10.8. The summed E-state index contributed by atoms with van der Waals surface area (Å²) in [6, 6.07) is 43.5. The molecule has 15 nitrogen and oxygen atoms in total. The van der Waals surface area contributed by atoms with Crippen LogP contribution < -0.4 is 14.2 Å². The van der Waals surface area contributed by atoms with E-state index in [1.807, 2.05) is 145 Å². The van der Waals surface area contributed by atoms with Gasteiger partial charge in [0.25, 0.3) is 0 Å². The maximum Gasteiger partial charge on any atom is 0.335 e. The fraction of sp³-hybridized carbons (Fsp3) is 0.158. The highest BCUT2D eigenvalue weighted by Gasteiger charge is 2.12. The topological polar surface area (TPSA) is 193 Å². The number of rotatable bonds is 15. The molecule has 3 N–H and O–H groups in total. The first kappa shape index (κ1) is 50.6. The molecule has 0 unspecified atom stereocenters. The van der Waals surface area contributed by atoms with Gasteiger partial charge in [-0.05, 0) is 143 Å². The lowest BCUT2D eigenvalue weighted by atomic mass is 10.1. The van der Waals surface area contributed by atoms with Gasteiger partial charge in [-0.2, -0.15) is 15.3 Å². The van der Waals surface area contributed by atoms with Gasteiger partial charge in [0.05, 0.1) is 70.7 Å². The van der Waals surface area contributed by atoms with E-state index in [9.17, 15) is 14.4 Å². The molecule has 0 amide bonds. The van der Waals surface area contributed by atoms with Crippen LogP contribution in [0, 0.1) is 0 Å². The standard InChI is InChI=1S/3C19H18N2O3/c1-13(2)24-18-8-4-7-17(10-18)21-12-16(11-20-21)14-5-3-6-15(9-14)19(22)23;1-13(2)24-18-5-3-4-17(10-18)21-12-16(11-20-21)14-6-8-15(9-7-14)19(22)23;1-13(2)24-18-8-6-17(7-9-18)21-12-16(11-20-21)14-4-3-5-15(10-14)19(22)23/h3*3-13H,1-2H3,(H,22,23). The molecule has 366 valence electrons. The van der Waals surface area contributed by atoms with Crippen LogP contribution in [0.3, 0.4) is 0 Å². The van der Waals surface area contributed by atoms with Gasteiger partial charge in [-0.25, -0.2) is 28.4 Å². The first-order chi connectivity index (χ1) is 34.6. The molecule has 0 saturated heterocycles. The predicted octanol–water partition coefficient (Wildman–Crippen LogP) is 12.1. The molecule has 3 aromatic heterocycles. The van der Waals surface area contributed by atoms with E-state index < -0.39 is 17.9 Å². The van der Waals surface area contributed by atoms with E-state index in [-0.39, 0.29) is 35.0 Å². The maximum atomic E-state index is 11.1. The summed E-state index contributed by atoms with van der Waals surface area (Å²) in [4.78, 5) is 33.1. The van der Waals surface area contributed by atoms with Crippen molar-refractivity contribution in [2.45, 2.75) is 59.9 Å². The summed E-state index contributed by atoms with van der Waals surface area (Å²) in [5.74, 6) is -0.417. The van der Waals surface area contributed by atoms with Crippen LogP contribution in [0.1, 0.15) is 72.6 Å².